The minimum Gasteiger partial charge on any atom is -0.383 e. The van der Waals surface area contributed by atoms with E-state index in [1.807, 2.05) is 6.07 Å². The van der Waals surface area contributed by atoms with Gasteiger partial charge in [-0.15, -0.1) is 0 Å². The molecule has 2 heterocycles. The molecule has 3 aromatic rings. The van der Waals surface area contributed by atoms with Crippen molar-refractivity contribution in [2.45, 2.75) is 10.9 Å². The summed E-state index contributed by atoms with van der Waals surface area (Å²) in [4.78, 5) is 12.5. The van der Waals surface area contributed by atoms with E-state index in [4.69, 9.17) is 11.5 Å². The molecule has 1 aromatic carbocycles. The molecule has 4 N–H and O–H groups in total. The summed E-state index contributed by atoms with van der Waals surface area (Å²) < 4.78 is 13.6. The Morgan fingerprint density at radius 2 is 1.86 bits per heavy atom. The number of aromatic nitrogens is 3. The van der Waals surface area contributed by atoms with Crippen molar-refractivity contribution in [3.8, 4) is 0 Å². The number of rotatable bonds is 3. The molecule has 0 bridgehead atoms. The van der Waals surface area contributed by atoms with Crippen molar-refractivity contribution >= 4 is 34.3 Å². The molecular formula is C14H12FN5S. The molecule has 3 rings (SSSR count). The van der Waals surface area contributed by atoms with Crippen molar-refractivity contribution in [1.82, 2.24) is 15.0 Å². The molecule has 0 saturated heterocycles. The van der Waals surface area contributed by atoms with Crippen LogP contribution in [0.1, 0.15) is 5.56 Å². The molecule has 0 atom stereocenters. The third-order valence-corrected chi connectivity index (χ3v) is 3.75. The SMILES string of the molecule is Nc1cc(N)nc(SCc2cc(F)cc3cccnc23)n1. The van der Waals surface area contributed by atoms with Crippen LogP contribution in [0.25, 0.3) is 10.9 Å². The molecule has 0 fully saturated rings. The summed E-state index contributed by atoms with van der Waals surface area (Å²) in [6.07, 6.45) is 1.68. The number of nitrogens with zero attached hydrogens (tertiary/aromatic N) is 3. The average molecular weight is 301 g/mol. The highest BCUT2D eigenvalue weighted by atomic mass is 32.2. The van der Waals surface area contributed by atoms with E-state index in [2.05, 4.69) is 15.0 Å². The van der Waals surface area contributed by atoms with Gasteiger partial charge in [0.1, 0.15) is 17.5 Å². The lowest BCUT2D eigenvalue weighted by Crippen LogP contribution is -1.99. The van der Waals surface area contributed by atoms with Gasteiger partial charge in [-0.25, -0.2) is 14.4 Å². The van der Waals surface area contributed by atoms with Gasteiger partial charge in [-0.3, -0.25) is 4.98 Å². The number of nitrogens with two attached hydrogens (primary N) is 2. The fourth-order valence-corrected chi connectivity index (χ4v) is 2.85. The highest BCUT2D eigenvalue weighted by Crippen LogP contribution is 2.26. The molecule has 0 aliphatic rings. The first-order chi connectivity index (χ1) is 10.1. The molecule has 2 aromatic heterocycles. The average Bonchev–Trinajstić information content (AvgIpc) is 2.43. The van der Waals surface area contributed by atoms with E-state index in [9.17, 15) is 4.39 Å². The number of fused-ring (bicyclic) bond motifs is 1. The number of benzene rings is 1. The molecule has 21 heavy (non-hydrogen) atoms. The van der Waals surface area contributed by atoms with Crippen molar-refractivity contribution < 1.29 is 4.39 Å². The summed E-state index contributed by atoms with van der Waals surface area (Å²) >= 11 is 1.34. The fraction of sp³-hybridized carbons (Fsp3) is 0.0714. The van der Waals surface area contributed by atoms with Gasteiger partial charge in [0.2, 0.25) is 0 Å². The quantitative estimate of drug-likeness (QED) is 0.571. The van der Waals surface area contributed by atoms with Crippen LogP contribution in [0.2, 0.25) is 0 Å². The number of nitrogen functional groups attached to an aromatic ring is 2. The standard InChI is InChI=1S/C14H12FN5S/c15-10-4-8-2-1-3-18-13(8)9(5-10)7-21-14-19-11(16)6-12(17)20-14/h1-6H,7H2,(H4,16,17,19,20). The van der Waals surface area contributed by atoms with Gasteiger partial charge < -0.3 is 11.5 Å². The lowest BCUT2D eigenvalue weighted by atomic mass is 10.1. The van der Waals surface area contributed by atoms with E-state index in [0.29, 0.717) is 22.5 Å². The Labute approximate surface area is 124 Å². The zero-order valence-electron chi connectivity index (χ0n) is 11.0. The zero-order chi connectivity index (χ0) is 14.8. The van der Waals surface area contributed by atoms with Crippen LogP contribution in [-0.2, 0) is 5.75 Å². The first kappa shape index (κ1) is 13.6. The zero-order valence-corrected chi connectivity index (χ0v) is 11.8. The summed E-state index contributed by atoms with van der Waals surface area (Å²) in [6.45, 7) is 0. The van der Waals surface area contributed by atoms with Crippen LogP contribution >= 0.6 is 11.8 Å². The van der Waals surface area contributed by atoms with Crippen LogP contribution in [-0.4, -0.2) is 15.0 Å². The molecule has 0 saturated carbocycles. The molecule has 0 aliphatic carbocycles. The largest absolute Gasteiger partial charge is 0.383 e. The molecule has 7 heteroatoms. The Bertz CT molecular complexity index is 788. The van der Waals surface area contributed by atoms with Gasteiger partial charge in [0, 0.05) is 23.4 Å². The second kappa shape index (κ2) is 5.53. The summed E-state index contributed by atoms with van der Waals surface area (Å²) in [6, 6.07) is 8.03. The van der Waals surface area contributed by atoms with E-state index in [-0.39, 0.29) is 5.82 Å². The Hall–Kier alpha value is -2.41. The van der Waals surface area contributed by atoms with E-state index in [1.165, 1.54) is 30.0 Å². The van der Waals surface area contributed by atoms with Crippen molar-refractivity contribution in [2.24, 2.45) is 0 Å². The third kappa shape index (κ3) is 3.03. The summed E-state index contributed by atoms with van der Waals surface area (Å²) in [5.74, 6) is 0.812. The maximum atomic E-state index is 13.6. The molecule has 0 aliphatic heterocycles. The fourth-order valence-electron chi connectivity index (χ4n) is 2.01. The second-order valence-electron chi connectivity index (χ2n) is 4.43. The summed E-state index contributed by atoms with van der Waals surface area (Å²) in [5, 5.41) is 1.22. The van der Waals surface area contributed by atoms with Gasteiger partial charge in [-0.2, -0.15) is 0 Å². The lowest BCUT2D eigenvalue weighted by molar-refractivity contribution is 0.628. The molecule has 0 amide bonds. The topological polar surface area (TPSA) is 90.7 Å². The molecule has 5 nitrogen and oxygen atoms in total. The van der Waals surface area contributed by atoms with E-state index in [0.717, 1.165) is 16.5 Å². The number of hydrogen-bond donors (Lipinski definition) is 2. The van der Waals surface area contributed by atoms with Crippen LogP contribution in [0.5, 0.6) is 0 Å². The predicted molar refractivity (Wildman–Crippen MR) is 82.1 cm³/mol. The van der Waals surface area contributed by atoms with Crippen molar-refractivity contribution in [2.75, 3.05) is 11.5 Å². The van der Waals surface area contributed by atoms with Crippen LogP contribution in [0.3, 0.4) is 0 Å². The Morgan fingerprint density at radius 1 is 1.10 bits per heavy atom. The van der Waals surface area contributed by atoms with E-state index in [1.54, 1.807) is 12.3 Å². The Balaban J connectivity index is 1.91. The Kier molecular flexibility index (Phi) is 3.57. The van der Waals surface area contributed by atoms with Crippen LogP contribution in [0.15, 0.2) is 41.7 Å². The maximum Gasteiger partial charge on any atom is 0.191 e. The number of thioether (sulfide) groups is 1. The Morgan fingerprint density at radius 3 is 2.62 bits per heavy atom. The van der Waals surface area contributed by atoms with Gasteiger partial charge in [0.25, 0.3) is 0 Å². The minimum absolute atomic E-state index is 0.292. The van der Waals surface area contributed by atoms with Crippen LogP contribution in [0, 0.1) is 5.82 Å². The number of halogens is 1. The van der Waals surface area contributed by atoms with Gasteiger partial charge in [-0.1, -0.05) is 17.8 Å². The second-order valence-corrected chi connectivity index (χ2v) is 5.37. The van der Waals surface area contributed by atoms with Gasteiger partial charge in [0.05, 0.1) is 5.52 Å². The summed E-state index contributed by atoms with van der Waals surface area (Å²) in [5.41, 5.74) is 12.8. The lowest BCUT2D eigenvalue weighted by Gasteiger charge is -2.06. The predicted octanol–water partition coefficient (Wildman–Crippen LogP) is 2.62. The maximum absolute atomic E-state index is 13.6. The third-order valence-electron chi connectivity index (χ3n) is 2.85. The van der Waals surface area contributed by atoms with Crippen LogP contribution < -0.4 is 11.5 Å². The van der Waals surface area contributed by atoms with Gasteiger partial charge >= 0.3 is 0 Å². The van der Waals surface area contributed by atoms with Crippen LogP contribution in [0.4, 0.5) is 16.0 Å². The summed E-state index contributed by atoms with van der Waals surface area (Å²) in [7, 11) is 0. The molecule has 0 radical (unpaired) electrons. The number of pyridine rings is 1. The molecule has 0 unspecified atom stereocenters. The van der Waals surface area contributed by atoms with Gasteiger partial charge in [0.15, 0.2) is 5.16 Å². The van der Waals surface area contributed by atoms with Crippen molar-refractivity contribution in [3.63, 3.8) is 0 Å². The number of hydrogen-bond acceptors (Lipinski definition) is 6. The van der Waals surface area contributed by atoms with Crippen molar-refractivity contribution in [1.29, 1.82) is 0 Å². The van der Waals surface area contributed by atoms with Crippen molar-refractivity contribution in [3.05, 3.63) is 47.9 Å². The van der Waals surface area contributed by atoms with E-state index >= 15 is 0 Å². The first-order valence-corrected chi connectivity index (χ1v) is 7.16. The minimum atomic E-state index is -0.292. The molecular weight excluding hydrogens is 289 g/mol. The highest BCUT2D eigenvalue weighted by molar-refractivity contribution is 7.98. The normalized spacial score (nSPS) is 10.9. The molecule has 0 spiro atoms. The first-order valence-electron chi connectivity index (χ1n) is 6.18. The number of anilines is 2. The van der Waals surface area contributed by atoms with Gasteiger partial charge in [-0.05, 0) is 23.8 Å². The monoisotopic (exact) mass is 301 g/mol. The molecule has 106 valence electrons. The smallest absolute Gasteiger partial charge is 0.191 e. The van der Waals surface area contributed by atoms with E-state index < -0.39 is 0 Å². The highest BCUT2D eigenvalue weighted by Gasteiger charge is 2.08.